The van der Waals surface area contributed by atoms with Crippen molar-refractivity contribution in [2.45, 2.75) is 16.5 Å². The van der Waals surface area contributed by atoms with Crippen molar-refractivity contribution < 1.29 is 17.9 Å². The molecule has 17 heavy (non-hydrogen) atoms. The lowest BCUT2D eigenvalue weighted by Gasteiger charge is -2.24. The molecule has 3 N–H and O–H groups in total. The van der Waals surface area contributed by atoms with E-state index in [0.29, 0.717) is 13.2 Å². The number of thioether (sulfide) groups is 1. The second-order valence-electron chi connectivity index (χ2n) is 3.33. The minimum atomic E-state index is -4.59. The molecule has 1 saturated heterocycles. The van der Waals surface area contributed by atoms with Crippen LogP contribution in [0.4, 0.5) is 19.0 Å². The number of anilines is 1. The summed E-state index contributed by atoms with van der Waals surface area (Å²) in [5.74, 6) is 3.81. The number of ether oxygens (including phenoxy) is 1. The number of nitrogens with one attached hydrogen (secondary N) is 1. The Balaban J connectivity index is 2.24. The second kappa shape index (κ2) is 4.67. The highest BCUT2D eigenvalue weighted by Gasteiger charge is 2.35. The number of hydrogen-bond acceptors (Lipinski definition) is 6. The van der Waals surface area contributed by atoms with Crippen LogP contribution in [-0.4, -0.2) is 28.4 Å². The van der Waals surface area contributed by atoms with Gasteiger partial charge in [0.1, 0.15) is 10.8 Å². The van der Waals surface area contributed by atoms with E-state index in [9.17, 15) is 13.2 Å². The Morgan fingerprint density at radius 3 is 2.59 bits per heavy atom. The summed E-state index contributed by atoms with van der Waals surface area (Å²) in [7, 11) is 0. The molecule has 94 valence electrons. The highest BCUT2D eigenvalue weighted by atomic mass is 32.2. The van der Waals surface area contributed by atoms with Crippen LogP contribution in [0.3, 0.4) is 0 Å². The molecular weight excluding hydrogens is 257 g/mol. The molecule has 1 fully saturated rings. The number of nitrogen functional groups attached to an aromatic ring is 1. The van der Waals surface area contributed by atoms with E-state index in [1.807, 2.05) is 0 Å². The van der Waals surface area contributed by atoms with Crippen molar-refractivity contribution in [3.63, 3.8) is 0 Å². The lowest BCUT2D eigenvalue weighted by molar-refractivity contribution is -0.145. The van der Waals surface area contributed by atoms with Gasteiger partial charge in [-0.25, -0.2) is 15.8 Å². The number of hydrogen-bond donors (Lipinski definition) is 2. The lowest BCUT2D eigenvalue weighted by Crippen LogP contribution is -2.30. The fraction of sp³-hybridized carbons (Fsp3) is 0.500. The van der Waals surface area contributed by atoms with Gasteiger partial charge in [0.05, 0.1) is 18.5 Å². The molecule has 1 aromatic rings. The lowest BCUT2D eigenvalue weighted by atomic mass is 10.4. The fourth-order valence-corrected chi connectivity index (χ4v) is 2.13. The zero-order valence-corrected chi connectivity index (χ0v) is 9.31. The van der Waals surface area contributed by atoms with E-state index in [-0.39, 0.29) is 16.1 Å². The zero-order valence-electron chi connectivity index (χ0n) is 8.49. The molecule has 1 aliphatic heterocycles. The molecular formula is C8H9F3N4OS. The van der Waals surface area contributed by atoms with Crippen molar-refractivity contribution in [2.75, 3.05) is 18.6 Å². The highest BCUT2D eigenvalue weighted by Crippen LogP contribution is 2.32. The van der Waals surface area contributed by atoms with Crippen LogP contribution in [0.2, 0.25) is 0 Å². The Bertz CT molecular complexity index is 410. The Labute approximate surface area is 98.9 Å². The maximum absolute atomic E-state index is 12.5. The summed E-state index contributed by atoms with van der Waals surface area (Å²) in [6, 6.07) is 1.37. The van der Waals surface area contributed by atoms with Crippen LogP contribution >= 0.6 is 11.8 Å². The molecule has 0 bridgehead atoms. The van der Waals surface area contributed by atoms with E-state index in [1.54, 1.807) is 0 Å². The Hall–Kier alpha value is -1.06. The number of nitrogens with zero attached hydrogens (tertiary/aromatic N) is 2. The Kier molecular flexibility index (Phi) is 3.40. The summed E-state index contributed by atoms with van der Waals surface area (Å²) < 4.78 is 42.4. The molecule has 2 heterocycles. The standard InChI is InChI=1S/C8H9F3N4OS/c9-8(10,11)7-13-5(15-12)1-6(14-7)17-4-2-16-3-4/h1,4H,2-3,12H2,(H,13,14,15). The molecule has 0 amide bonds. The van der Waals surface area contributed by atoms with Crippen molar-refractivity contribution in [1.82, 2.24) is 9.97 Å². The summed E-state index contributed by atoms with van der Waals surface area (Å²) in [4.78, 5) is 6.71. The maximum Gasteiger partial charge on any atom is 0.451 e. The molecule has 0 unspecified atom stereocenters. The first-order valence-corrected chi connectivity index (χ1v) is 5.54. The zero-order chi connectivity index (χ0) is 12.5. The Morgan fingerprint density at radius 2 is 2.12 bits per heavy atom. The smallest absolute Gasteiger partial charge is 0.379 e. The number of alkyl halides is 3. The second-order valence-corrected chi connectivity index (χ2v) is 4.66. The molecule has 2 rings (SSSR count). The van der Waals surface area contributed by atoms with E-state index in [2.05, 4.69) is 15.4 Å². The molecule has 0 spiro atoms. The summed E-state index contributed by atoms with van der Waals surface area (Å²) in [6.07, 6.45) is -4.59. The number of nitrogens with two attached hydrogens (primary N) is 1. The van der Waals surface area contributed by atoms with Crippen LogP contribution in [0.25, 0.3) is 0 Å². The van der Waals surface area contributed by atoms with Crippen LogP contribution in [0.1, 0.15) is 5.82 Å². The maximum atomic E-state index is 12.5. The third-order valence-corrected chi connectivity index (χ3v) is 3.06. The van der Waals surface area contributed by atoms with Crippen LogP contribution in [-0.2, 0) is 10.9 Å². The monoisotopic (exact) mass is 266 g/mol. The van der Waals surface area contributed by atoms with Gasteiger partial charge in [0, 0.05) is 6.07 Å². The molecule has 9 heteroatoms. The van der Waals surface area contributed by atoms with E-state index >= 15 is 0 Å². The molecule has 5 nitrogen and oxygen atoms in total. The molecule has 0 aromatic carbocycles. The quantitative estimate of drug-likeness (QED) is 0.487. The Morgan fingerprint density at radius 1 is 1.41 bits per heavy atom. The number of hydrazine groups is 1. The van der Waals surface area contributed by atoms with E-state index in [4.69, 9.17) is 10.6 Å². The van der Waals surface area contributed by atoms with E-state index in [1.165, 1.54) is 17.8 Å². The molecule has 0 aliphatic carbocycles. The topological polar surface area (TPSA) is 73.1 Å². The van der Waals surface area contributed by atoms with Crippen LogP contribution in [0.5, 0.6) is 0 Å². The van der Waals surface area contributed by atoms with Gasteiger partial charge in [-0.1, -0.05) is 11.8 Å². The molecule has 0 atom stereocenters. The third kappa shape index (κ3) is 2.99. The van der Waals surface area contributed by atoms with Gasteiger partial charge in [-0.05, 0) is 0 Å². The van der Waals surface area contributed by atoms with Gasteiger partial charge < -0.3 is 10.2 Å². The van der Waals surface area contributed by atoms with E-state index in [0.717, 1.165) is 0 Å². The van der Waals surface area contributed by atoms with Crippen molar-refractivity contribution in [1.29, 1.82) is 0 Å². The van der Waals surface area contributed by atoms with Crippen LogP contribution in [0.15, 0.2) is 11.1 Å². The van der Waals surface area contributed by atoms with Crippen LogP contribution in [0, 0.1) is 0 Å². The third-order valence-electron chi connectivity index (χ3n) is 2.00. The molecule has 0 saturated carbocycles. The first-order chi connectivity index (χ1) is 7.99. The fourth-order valence-electron chi connectivity index (χ4n) is 1.14. The largest absolute Gasteiger partial charge is 0.451 e. The van der Waals surface area contributed by atoms with Gasteiger partial charge in [-0.2, -0.15) is 13.2 Å². The van der Waals surface area contributed by atoms with E-state index < -0.39 is 12.0 Å². The van der Waals surface area contributed by atoms with Crippen molar-refractivity contribution >= 4 is 17.6 Å². The minimum Gasteiger partial charge on any atom is -0.379 e. The number of rotatable bonds is 3. The van der Waals surface area contributed by atoms with Gasteiger partial charge in [0.2, 0.25) is 5.82 Å². The summed E-state index contributed by atoms with van der Waals surface area (Å²) in [6.45, 7) is 1.03. The predicted molar refractivity (Wildman–Crippen MR) is 55.3 cm³/mol. The number of aromatic nitrogens is 2. The number of halogens is 3. The average Bonchev–Trinajstić information content (AvgIpc) is 2.22. The molecule has 1 aliphatic rings. The first-order valence-electron chi connectivity index (χ1n) is 4.66. The predicted octanol–water partition coefficient (Wildman–Crippen LogP) is 1.27. The summed E-state index contributed by atoms with van der Waals surface area (Å²) in [5, 5.41) is 0.366. The highest BCUT2D eigenvalue weighted by molar-refractivity contribution is 8.00. The SMILES string of the molecule is NNc1cc(SC2COC2)nc(C(F)(F)F)n1. The first kappa shape index (κ1) is 12.4. The van der Waals surface area contributed by atoms with Gasteiger partial charge in [-0.3, -0.25) is 0 Å². The van der Waals surface area contributed by atoms with Crippen molar-refractivity contribution in [3.8, 4) is 0 Å². The van der Waals surface area contributed by atoms with Gasteiger partial charge in [0.15, 0.2) is 0 Å². The normalized spacial score (nSPS) is 16.7. The summed E-state index contributed by atoms with van der Waals surface area (Å²) in [5.41, 5.74) is 2.09. The van der Waals surface area contributed by atoms with Crippen LogP contribution < -0.4 is 11.3 Å². The molecule has 0 radical (unpaired) electrons. The van der Waals surface area contributed by atoms with Gasteiger partial charge in [-0.15, -0.1) is 0 Å². The van der Waals surface area contributed by atoms with Crippen molar-refractivity contribution in [2.24, 2.45) is 5.84 Å². The molecule has 1 aromatic heterocycles. The van der Waals surface area contributed by atoms with Crippen molar-refractivity contribution in [3.05, 3.63) is 11.9 Å². The van der Waals surface area contributed by atoms with Gasteiger partial charge in [0.25, 0.3) is 0 Å². The average molecular weight is 266 g/mol. The minimum absolute atomic E-state index is 0.0601. The van der Waals surface area contributed by atoms with Gasteiger partial charge >= 0.3 is 6.18 Å². The summed E-state index contributed by atoms with van der Waals surface area (Å²) >= 11 is 1.22.